The number of nitrogens with zero attached hydrogens (tertiary/aromatic N) is 1. The summed E-state index contributed by atoms with van der Waals surface area (Å²) in [4.78, 5) is 4.38. The minimum Gasteiger partial charge on any atom is -0.490 e. The van der Waals surface area contributed by atoms with Crippen LogP contribution in [0.1, 0.15) is 23.1 Å². The van der Waals surface area contributed by atoms with Crippen molar-refractivity contribution in [3.05, 3.63) is 83.7 Å². The van der Waals surface area contributed by atoms with E-state index < -0.39 is 0 Å². The molecule has 29 heavy (non-hydrogen) atoms. The highest BCUT2D eigenvalue weighted by molar-refractivity contribution is 5.64. The van der Waals surface area contributed by atoms with Crippen LogP contribution in [-0.4, -0.2) is 30.3 Å². The first kappa shape index (κ1) is 18.3. The van der Waals surface area contributed by atoms with Gasteiger partial charge in [-0.25, -0.2) is 0 Å². The minimum absolute atomic E-state index is 0.225. The van der Waals surface area contributed by atoms with Crippen LogP contribution in [0.5, 0.6) is 5.75 Å². The fraction of sp³-hybridized carbons (Fsp3) is 0.320. The summed E-state index contributed by atoms with van der Waals surface area (Å²) in [6.45, 7) is 2.50. The molecule has 3 aromatic rings. The summed E-state index contributed by atoms with van der Waals surface area (Å²) in [5.41, 5.74) is 6.27. The summed E-state index contributed by atoms with van der Waals surface area (Å²) in [6, 6.07) is 19.8. The largest absolute Gasteiger partial charge is 0.490 e. The van der Waals surface area contributed by atoms with Crippen LogP contribution in [0.4, 0.5) is 0 Å². The van der Waals surface area contributed by atoms with Gasteiger partial charge in [-0.3, -0.25) is 4.98 Å². The van der Waals surface area contributed by atoms with E-state index >= 15 is 0 Å². The molecule has 2 aliphatic heterocycles. The number of aromatic nitrogens is 1. The molecule has 1 saturated heterocycles. The van der Waals surface area contributed by atoms with Crippen molar-refractivity contribution in [3.8, 4) is 16.9 Å². The maximum Gasteiger partial charge on any atom is 0.138 e. The molecular formula is C25H26N2O2. The van der Waals surface area contributed by atoms with Crippen molar-refractivity contribution in [1.29, 1.82) is 0 Å². The van der Waals surface area contributed by atoms with E-state index in [2.05, 4.69) is 64.9 Å². The molecule has 148 valence electrons. The Morgan fingerprint density at radius 1 is 1.00 bits per heavy atom. The fourth-order valence-electron chi connectivity index (χ4n) is 4.02. The molecule has 4 nitrogen and oxygen atoms in total. The van der Waals surface area contributed by atoms with Crippen LogP contribution < -0.4 is 10.1 Å². The summed E-state index contributed by atoms with van der Waals surface area (Å²) in [6.07, 6.45) is 6.99. The standard InChI is InChI=1S/C25H26N2O2/c1-2-6-21-16-28-24(12-20(21)5-1)11-18-4-3-7-19(10-18)22-13-25(15-26-14-22)29-17-23-8-9-27-23/h1-7,10,13-15,23-24,27H,8-9,11-12,16-17H2/t23-,24?/m0/s1. The van der Waals surface area contributed by atoms with Gasteiger partial charge in [0.15, 0.2) is 0 Å². The molecule has 1 aromatic heterocycles. The number of fused-ring (bicyclic) bond motifs is 1. The molecular weight excluding hydrogens is 360 g/mol. The van der Waals surface area contributed by atoms with Gasteiger partial charge in [-0.05, 0) is 54.1 Å². The third kappa shape index (κ3) is 4.34. The van der Waals surface area contributed by atoms with Gasteiger partial charge in [0.1, 0.15) is 12.4 Å². The van der Waals surface area contributed by atoms with Gasteiger partial charge < -0.3 is 14.8 Å². The van der Waals surface area contributed by atoms with Crippen LogP contribution in [0.25, 0.3) is 11.1 Å². The summed E-state index contributed by atoms with van der Waals surface area (Å²) in [5, 5.41) is 3.36. The smallest absolute Gasteiger partial charge is 0.138 e. The van der Waals surface area contributed by atoms with Gasteiger partial charge in [-0.15, -0.1) is 0 Å². The quantitative estimate of drug-likeness (QED) is 0.690. The van der Waals surface area contributed by atoms with Gasteiger partial charge in [0.25, 0.3) is 0 Å². The molecule has 0 spiro atoms. The molecule has 3 heterocycles. The maximum absolute atomic E-state index is 6.11. The van der Waals surface area contributed by atoms with Crippen LogP contribution in [0.2, 0.25) is 0 Å². The number of hydrogen-bond donors (Lipinski definition) is 1. The second-order valence-electron chi connectivity index (χ2n) is 7.97. The second kappa shape index (κ2) is 8.36. The Bertz CT molecular complexity index is 984. The molecule has 0 radical (unpaired) electrons. The van der Waals surface area contributed by atoms with Crippen LogP contribution in [0.3, 0.4) is 0 Å². The Morgan fingerprint density at radius 2 is 1.90 bits per heavy atom. The molecule has 0 amide bonds. The van der Waals surface area contributed by atoms with Crippen molar-refractivity contribution in [2.75, 3.05) is 13.2 Å². The molecule has 2 atom stereocenters. The van der Waals surface area contributed by atoms with Gasteiger partial charge in [0, 0.05) is 17.8 Å². The van der Waals surface area contributed by atoms with Crippen molar-refractivity contribution >= 4 is 0 Å². The maximum atomic E-state index is 6.11. The zero-order valence-electron chi connectivity index (χ0n) is 16.5. The summed E-state index contributed by atoms with van der Waals surface area (Å²) < 4.78 is 12.0. The van der Waals surface area contributed by atoms with Crippen molar-refractivity contribution in [2.24, 2.45) is 0 Å². The van der Waals surface area contributed by atoms with Crippen LogP contribution in [-0.2, 0) is 24.2 Å². The first-order valence-corrected chi connectivity index (χ1v) is 10.4. The zero-order chi connectivity index (χ0) is 19.5. The third-order valence-electron chi connectivity index (χ3n) is 5.85. The van der Waals surface area contributed by atoms with Crippen molar-refractivity contribution in [2.45, 2.75) is 38.0 Å². The van der Waals surface area contributed by atoms with Crippen molar-refractivity contribution in [1.82, 2.24) is 10.3 Å². The highest BCUT2D eigenvalue weighted by atomic mass is 16.5. The molecule has 4 heteroatoms. The molecule has 1 fully saturated rings. The van der Waals surface area contributed by atoms with Gasteiger partial charge in [0.05, 0.1) is 18.9 Å². The van der Waals surface area contributed by atoms with Crippen LogP contribution >= 0.6 is 0 Å². The van der Waals surface area contributed by atoms with Crippen LogP contribution in [0.15, 0.2) is 67.0 Å². The molecule has 5 rings (SSSR count). The summed E-state index contributed by atoms with van der Waals surface area (Å²) in [5.74, 6) is 0.828. The van der Waals surface area contributed by atoms with Crippen LogP contribution in [0, 0.1) is 0 Å². The van der Waals surface area contributed by atoms with E-state index in [1.54, 1.807) is 6.20 Å². The lowest BCUT2D eigenvalue weighted by molar-refractivity contribution is 0.0290. The normalized spacial score (nSPS) is 20.6. The average Bonchev–Trinajstić information content (AvgIpc) is 2.73. The minimum atomic E-state index is 0.225. The Kier molecular flexibility index (Phi) is 5.29. The number of nitrogens with one attached hydrogen (secondary N) is 1. The number of pyridine rings is 1. The van der Waals surface area contributed by atoms with E-state index in [1.807, 2.05) is 6.20 Å². The summed E-state index contributed by atoms with van der Waals surface area (Å²) >= 11 is 0. The Balaban J connectivity index is 1.27. The molecule has 1 unspecified atom stereocenters. The number of hydrogen-bond acceptors (Lipinski definition) is 4. The molecule has 0 saturated carbocycles. The van der Waals surface area contributed by atoms with Crippen molar-refractivity contribution < 1.29 is 9.47 Å². The van der Waals surface area contributed by atoms with E-state index in [4.69, 9.17) is 9.47 Å². The fourth-order valence-corrected chi connectivity index (χ4v) is 4.02. The van der Waals surface area contributed by atoms with E-state index in [1.165, 1.54) is 28.7 Å². The van der Waals surface area contributed by atoms with Crippen molar-refractivity contribution in [3.63, 3.8) is 0 Å². The Labute approximate surface area is 171 Å². The first-order valence-electron chi connectivity index (χ1n) is 10.4. The predicted octanol–water partition coefficient (Wildman–Crippen LogP) is 4.17. The van der Waals surface area contributed by atoms with E-state index in [0.717, 1.165) is 30.7 Å². The monoisotopic (exact) mass is 386 g/mol. The molecule has 2 aromatic carbocycles. The zero-order valence-corrected chi connectivity index (χ0v) is 16.5. The highest BCUT2D eigenvalue weighted by Crippen LogP contribution is 2.26. The van der Waals surface area contributed by atoms with Gasteiger partial charge in [-0.2, -0.15) is 0 Å². The second-order valence-corrected chi connectivity index (χ2v) is 7.97. The molecule has 0 aliphatic carbocycles. The van der Waals surface area contributed by atoms with E-state index in [0.29, 0.717) is 19.3 Å². The number of rotatable bonds is 6. The Morgan fingerprint density at radius 3 is 2.76 bits per heavy atom. The van der Waals surface area contributed by atoms with E-state index in [-0.39, 0.29) is 6.10 Å². The van der Waals surface area contributed by atoms with E-state index in [9.17, 15) is 0 Å². The summed E-state index contributed by atoms with van der Waals surface area (Å²) in [7, 11) is 0. The lowest BCUT2D eigenvalue weighted by Crippen LogP contribution is -2.46. The lowest BCUT2D eigenvalue weighted by atomic mass is 9.94. The molecule has 2 aliphatic rings. The molecule has 0 bridgehead atoms. The number of benzene rings is 2. The number of ether oxygens (including phenoxy) is 2. The third-order valence-corrected chi connectivity index (χ3v) is 5.85. The highest BCUT2D eigenvalue weighted by Gasteiger charge is 2.19. The lowest BCUT2D eigenvalue weighted by Gasteiger charge is -2.27. The SMILES string of the molecule is c1cc(CC2Cc3ccccc3CO2)cc(-c2cncc(OC[C@@H]3CCN3)c2)c1. The van der Waals surface area contributed by atoms with Gasteiger partial charge in [-0.1, -0.05) is 48.5 Å². The molecule has 1 N–H and O–H groups in total. The predicted molar refractivity (Wildman–Crippen MR) is 114 cm³/mol. The topological polar surface area (TPSA) is 43.4 Å². The van der Waals surface area contributed by atoms with Gasteiger partial charge in [0.2, 0.25) is 0 Å². The van der Waals surface area contributed by atoms with Gasteiger partial charge >= 0.3 is 0 Å². The first-order chi connectivity index (χ1) is 14.3. The Hall–Kier alpha value is -2.69. The average molecular weight is 386 g/mol.